The summed E-state index contributed by atoms with van der Waals surface area (Å²) in [4.78, 5) is 2.47. The number of aryl methyl sites for hydroxylation is 1. The van der Waals surface area contributed by atoms with Crippen molar-refractivity contribution in [2.24, 2.45) is 5.92 Å². The van der Waals surface area contributed by atoms with Crippen molar-refractivity contribution < 1.29 is 5.11 Å². The molecule has 0 amide bonds. The highest BCUT2D eigenvalue weighted by atomic mass is 16.3. The minimum Gasteiger partial charge on any atom is -0.387 e. The van der Waals surface area contributed by atoms with Gasteiger partial charge in [-0.05, 0) is 49.8 Å². The number of likely N-dealkylation sites (tertiary alicyclic amines) is 1. The zero-order valence-corrected chi connectivity index (χ0v) is 13.2. The molecule has 112 valence electrons. The molecule has 0 spiro atoms. The monoisotopic (exact) mass is 275 g/mol. The molecule has 0 aliphatic carbocycles. The predicted molar refractivity (Wildman–Crippen MR) is 84.8 cm³/mol. The Bertz CT molecular complexity index is 400. The highest BCUT2D eigenvalue weighted by molar-refractivity contribution is 5.25. The molecule has 0 bridgehead atoms. The summed E-state index contributed by atoms with van der Waals surface area (Å²) < 4.78 is 0. The Morgan fingerprint density at radius 3 is 2.55 bits per heavy atom. The summed E-state index contributed by atoms with van der Waals surface area (Å²) in [5.74, 6) is 0.806. The Hall–Kier alpha value is -0.860. The number of rotatable bonds is 5. The van der Waals surface area contributed by atoms with Crippen LogP contribution in [-0.2, 0) is 6.42 Å². The molecule has 20 heavy (non-hydrogen) atoms. The Morgan fingerprint density at radius 1 is 1.25 bits per heavy atom. The van der Waals surface area contributed by atoms with E-state index in [-0.39, 0.29) is 12.1 Å². The fraction of sp³-hybridized carbons (Fsp3) is 0.667. The van der Waals surface area contributed by atoms with Gasteiger partial charge in [0.05, 0.1) is 6.10 Å². The van der Waals surface area contributed by atoms with Crippen molar-refractivity contribution in [3.63, 3.8) is 0 Å². The molecule has 1 saturated heterocycles. The molecule has 1 aromatic rings. The van der Waals surface area contributed by atoms with Gasteiger partial charge in [0.1, 0.15) is 0 Å². The van der Waals surface area contributed by atoms with Gasteiger partial charge in [0.15, 0.2) is 0 Å². The van der Waals surface area contributed by atoms with Gasteiger partial charge in [-0.25, -0.2) is 0 Å². The Labute approximate surface area is 123 Å². The average Bonchev–Trinajstić information content (AvgIpc) is 2.53. The van der Waals surface area contributed by atoms with Crippen LogP contribution in [-0.4, -0.2) is 29.1 Å². The maximum Gasteiger partial charge on any atom is 0.0942 e. The zero-order valence-electron chi connectivity index (χ0n) is 13.2. The minimum atomic E-state index is -0.378. The molecular formula is C18H29NO. The highest BCUT2D eigenvalue weighted by Gasteiger charge is 2.27. The molecule has 1 aromatic carbocycles. The van der Waals surface area contributed by atoms with E-state index < -0.39 is 0 Å². The predicted octanol–water partition coefficient (Wildman–Crippen LogP) is 3.79. The number of hydrogen-bond donors (Lipinski definition) is 1. The van der Waals surface area contributed by atoms with Gasteiger partial charge >= 0.3 is 0 Å². The summed E-state index contributed by atoms with van der Waals surface area (Å²) >= 11 is 0. The van der Waals surface area contributed by atoms with Crippen LogP contribution in [0.4, 0.5) is 0 Å². The summed E-state index contributed by atoms with van der Waals surface area (Å²) in [5.41, 5.74) is 2.38. The molecule has 0 radical (unpaired) electrons. The molecule has 0 saturated carbocycles. The van der Waals surface area contributed by atoms with E-state index in [2.05, 4.69) is 49.9 Å². The molecule has 1 heterocycles. The van der Waals surface area contributed by atoms with E-state index in [1.807, 2.05) is 0 Å². The quantitative estimate of drug-likeness (QED) is 0.883. The largest absolute Gasteiger partial charge is 0.387 e. The number of aliphatic hydroxyl groups excluding tert-OH is 1. The fourth-order valence-corrected chi connectivity index (χ4v) is 3.23. The lowest BCUT2D eigenvalue weighted by molar-refractivity contribution is 0.0321. The topological polar surface area (TPSA) is 23.5 Å². The third kappa shape index (κ3) is 3.62. The Balaban J connectivity index is 2.01. The molecular weight excluding hydrogens is 246 g/mol. The lowest BCUT2D eigenvalue weighted by atomic mass is 9.92. The fourth-order valence-electron chi connectivity index (χ4n) is 3.23. The number of hydrogen-bond acceptors (Lipinski definition) is 2. The molecule has 1 aliphatic heterocycles. The second kappa shape index (κ2) is 7.24. The Kier molecular flexibility index (Phi) is 5.62. The second-order valence-electron chi connectivity index (χ2n) is 6.19. The van der Waals surface area contributed by atoms with Crippen molar-refractivity contribution in [2.45, 2.75) is 58.6 Å². The van der Waals surface area contributed by atoms with E-state index >= 15 is 0 Å². The van der Waals surface area contributed by atoms with Gasteiger partial charge in [0.2, 0.25) is 0 Å². The summed E-state index contributed by atoms with van der Waals surface area (Å²) in [6.07, 6.45) is 4.54. The van der Waals surface area contributed by atoms with Crippen molar-refractivity contribution in [2.75, 3.05) is 13.1 Å². The Morgan fingerprint density at radius 2 is 1.95 bits per heavy atom. The zero-order chi connectivity index (χ0) is 14.5. The van der Waals surface area contributed by atoms with Crippen LogP contribution < -0.4 is 0 Å². The molecule has 2 heteroatoms. The maximum absolute atomic E-state index is 10.6. The molecule has 2 nitrogen and oxygen atoms in total. The summed E-state index contributed by atoms with van der Waals surface area (Å²) in [6, 6.07) is 8.65. The van der Waals surface area contributed by atoms with Crippen LogP contribution in [0.3, 0.4) is 0 Å². The first kappa shape index (κ1) is 15.5. The van der Waals surface area contributed by atoms with Gasteiger partial charge in [0, 0.05) is 12.6 Å². The summed E-state index contributed by atoms with van der Waals surface area (Å²) in [6.45, 7) is 8.87. The first-order valence-corrected chi connectivity index (χ1v) is 8.16. The normalized spacial score (nSPS) is 23.5. The van der Waals surface area contributed by atoms with Crippen LogP contribution in [0.25, 0.3) is 0 Å². The molecule has 2 rings (SSSR count). The van der Waals surface area contributed by atoms with Crippen molar-refractivity contribution >= 4 is 0 Å². The third-order valence-corrected chi connectivity index (χ3v) is 4.89. The van der Waals surface area contributed by atoms with Crippen LogP contribution in [0.15, 0.2) is 24.3 Å². The van der Waals surface area contributed by atoms with E-state index in [0.717, 1.165) is 31.0 Å². The molecule has 0 aromatic heterocycles. The van der Waals surface area contributed by atoms with E-state index in [1.165, 1.54) is 24.8 Å². The van der Waals surface area contributed by atoms with Crippen LogP contribution >= 0.6 is 0 Å². The van der Waals surface area contributed by atoms with Crippen molar-refractivity contribution in [1.29, 1.82) is 0 Å². The standard InChI is InChI=1S/C18H29NO/c1-4-15-8-10-17(11-9-15)18(20)14(3)19-12-6-7-16(5-2)13-19/h8-11,14,16,18,20H,4-7,12-13H2,1-3H3. The molecule has 1 N–H and O–H groups in total. The number of benzene rings is 1. The number of nitrogens with zero attached hydrogens (tertiary/aromatic N) is 1. The number of piperidine rings is 1. The summed E-state index contributed by atoms with van der Waals surface area (Å²) in [5, 5.41) is 10.6. The molecule has 1 fully saturated rings. The van der Waals surface area contributed by atoms with Gasteiger partial charge in [-0.3, -0.25) is 4.90 Å². The van der Waals surface area contributed by atoms with E-state index in [9.17, 15) is 5.11 Å². The van der Waals surface area contributed by atoms with Gasteiger partial charge in [-0.15, -0.1) is 0 Å². The second-order valence-corrected chi connectivity index (χ2v) is 6.19. The van der Waals surface area contributed by atoms with E-state index in [4.69, 9.17) is 0 Å². The lowest BCUT2D eigenvalue weighted by Crippen LogP contribution is -2.44. The van der Waals surface area contributed by atoms with Crippen LogP contribution in [0.2, 0.25) is 0 Å². The molecule has 3 atom stereocenters. The highest BCUT2D eigenvalue weighted by Crippen LogP contribution is 2.27. The van der Waals surface area contributed by atoms with E-state index in [0.29, 0.717) is 0 Å². The molecule has 3 unspecified atom stereocenters. The summed E-state index contributed by atoms with van der Waals surface area (Å²) in [7, 11) is 0. The average molecular weight is 275 g/mol. The first-order chi connectivity index (χ1) is 9.65. The van der Waals surface area contributed by atoms with Crippen molar-refractivity contribution in [3.8, 4) is 0 Å². The van der Waals surface area contributed by atoms with Crippen molar-refractivity contribution in [3.05, 3.63) is 35.4 Å². The molecule has 1 aliphatic rings. The smallest absolute Gasteiger partial charge is 0.0942 e. The van der Waals surface area contributed by atoms with Gasteiger partial charge in [-0.2, -0.15) is 0 Å². The SMILES string of the molecule is CCc1ccc(C(O)C(C)N2CCCC(CC)C2)cc1. The van der Waals surface area contributed by atoms with Crippen molar-refractivity contribution in [1.82, 2.24) is 4.90 Å². The van der Waals surface area contributed by atoms with Gasteiger partial charge in [-0.1, -0.05) is 44.5 Å². The van der Waals surface area contributed by atoms with Gasteiger partial charge in [0.25, 0.3) is 0 Å². The third-order valence-electron chi connectivity index (χ3n) is 4.89. The number of aliphatic hydroxyl groups is 1. The van der Waals surface area contributed by atoms with E-state index in [1.54, 1.807) is 0 Å². The first-order valence-electron chi connectivity index (χ1n) is 8.16. The maximum atomic E-state index is 10.6. The lowest BCUT2D eigenvalue weighted by Gasteiger charge is -2.38. The van der Waals surface area contributed by atoms with Crippen LogP contribution in [0.1, 0.15) is 57.3 Å². The van der Waals surface area contributed by atoms with Gasteiger partial charge < -0.3 is 5.11 Å². The van der Waals surface area contributed by atoms with Crippen LogP contribution in [0.5, 0.6) is 0 Å². The minimum absolute atomic E-state index is 0.205. The van der Waals surface area contributed by atoms with Crippen LogP contribution in [0, 0.1) is 5.92 Å².